The maximum absolute atomic E-state index is 10.2. The van der Waals surface area contributed by atoms with E-state index in [0.29, 0.717) is 26.4 Å². The first kappa shape index (κ1) is 12.7. The molecule has 1 saturated heterocycles. The Kier molecular flexibility index (Phi) is 3.35. The van der Waals surface area contributed by atoms with Crippen LogP contribution in [0, 0.1) is 0 Å². The van der Waals surface area contributed by atoms with Crippen molar-refractivity contribution < 1.29 is 19.3 Å². The van der Waals surface area contributed by atoms with Gasteiger partial charge in [0.2, 0.25) is 0 Å². The number of fused-ring (bicyclic) bond motifs is 1. The number of ether oxygens (including phenoxy) is 3. The van der Waals surface area contributed by atoms with Gasteiger partial charge in [-0.2, -0.15) is 0 Å². The van der Waals surface area contributed by atoms with Crippen LogP contribution >= 0.6 is 0 Å². The Hall–Kier alpha value is -1.30. The van der Waals surface area contributed by atoms with Gasteiger partial charge < -0.3 is 25.1 Å². The van der Waals surface area contributed by atoms with E-state index in [1.54, 1.807) is 0 Å². The molecule has 3 N–H and O–H groups in total. The number of aliphatic hydroxyl groups excluding tert-OH is 1. The highest BCUT2D eigenvalue weighted by Crippen LogP contribution is 2.40. The van der Waals surface area contributed by atoms with Gasteiger partial charge in [0.1, 0.15) is 0 Å². The van der Waals surface area contributed by atoms with E-state index in [1.807, 2.05) is 18.2 Å². The molecule has 2 aliphatic heterocycles. The fourth-order valence-corrected chi connectivity index (χ4v) is 2.57. The van der Waals surface area contributed by atoms with E-state index in [0.717, 1.165) is 23.5 Å². The first-order valence-electron chi connectivity index (χ1n) is 6.62. The van der Waals surface area contributed by atoms with Crippen molar-refractivity contribution in [3.05, 3.63) is 23.8 Å². The third-order valence-electron chi connectivity index (χ3n) is 3.90. The third-order valence-corrected chi connectivity index (χ3v) is 3.90. The van der Waals surface area contributed by atoms with E-state index in [1.165, 1.54) is 0 Å². The van der Waals surface area contributed by atoms with E-state index in [-0.39, 0.29) is 6.54 Å². The average molecular weight is 265 g/mol. The molecule has 1 atom stereocenters. The lowest BCUT2D eigenvalue weighted by atomic mass is 9.73. The Bertz CT molecular complexity index is 459. The first-order chi connectivity index (χ1) is 9.26. The summed E-state index contributed by atoms with van der Waals surface area (Å²) in [4.78, 5) is 0. The van der Waals surface area contributed by atoms with Crippen LogP contribution in [-0.4, -0.2) is 44.2 Å². The van der Waals surface area contributed by atoms with Gasteiger partial charge in [-0.25, -0.2) is 0 Å². The molecular weight excluding hydrogens is 246 g/mol. The summed E-state index contributed by atoms with van der Waals surface area (Å²) in [6, 6.07) is 5.82. The van der Waals surface area contributed by atoms with E-state index >= 15 is 0 Å². The monoisotopic (exact) mass is 265 g/mol. The second kappa shape index (κ2) is 5.00. The molecule has 5 heteroatoms. The fraction of sp³-hybridized carbons (Fsp3) is 0.571. The van der Waals surface area contributed by atoms with Gasteiger partial charge >= 0.3 is 0 Å². The first-order valence-corrected chi connectivity index (χ1v) is 6.62. The summed E-state index contributed by atoms with van der Waals surface area (Å²) in [5.74, 6) is 1.50. The van der Waals surface area contributed by atoms with Gasteiger partial charge in [-0.1, -0.05) is 6.07 Å². The number of hydrogen-bond acceptors (Lipinski definition) is 5. The maximum Gasteiger partial charge on any atom is 0.161 e. The van der Waals surface area contributed by atoms with Crippen LogP contribution in [0.5, 0.6) is 11.5 Å². The number of rotatable bonds is 3. The lowest BCUT2D eigenvalue weighted by molar-refractivity contribution is -0.116. The van der Waals surface area contributed by atoms with Gasteiger partial charge in [0.25, 0.3) is 0 Å². The van der Waals surface area contributed by atoms with Crippen LogP contribution in [0.15, 0.2) is 18.2 Å². The van der Waals surface area contributed by atoms with Crippen molar-refractivity contribution in [1.29, 1.82) is 0 Å². The van der Waals surface area contributed by atoms with Crippen molar-refractivity contribution in [2.45, 2.75) is 17.9 Å². The number of hydrogen-bond donors (Lipinski definition) is 2. The fourth-order valence-electron chi connectivity index (χ4n) is 2.57. The Morgan fingerprint density at radius 1 is 1.21 bits per heavy atom. The van der Waals surface area contributed by atoms with Gasteiger partial charge in [0.05, 0.1) is 37.9 Å². The molecule has 3 rings (SSSR count). The summed E-state index contributed by atoms with van der Waals surface area (Å²) in [7, 11) is 0. The van der Waals surface area contributed by atoms with Gasteiger partial charge in [-0.15, -0.1) is 0 Å². The molecule has 1 aromatic rings. The summed E-state index contributed by atoms with van der Waals surface area (Å²) in [5, 5.41) is 10.2. The number of aliphatic hydroxyl groups is 1. The Balaban J connectivity index is 1.94. The van der Waals surface area contributed by atoms with Crippen LogP contribution < -0.4 is 15.2 Å². The molecule has 5 nitrogen and oxygen atoms in total. The molecule has 0 bridgehead atoms. The molecular formula is C14H19NO4. The van der Waals surface area contributed by atoms with Crippen LogP contribution in [0.25, 0.3) is 0 Å². The standard InChI is InChI=1S/C14H19NO4/c15-7-13(16)14(8-17-9-14)10-2-3-11-12(6-10)19-5-1-4-18-11/h2-3,6,13,16H,1,4-5,7-9,15H2. The van der Waals surface area contributed by atoms with Crippen molar-refractivity contribution in [3.63, 3.8) is 0 Å². The summed E-state index contributed by atoms with van der Waals surface area (Å²) in [6.45, 7) is 2.53. The summed E-state index contributed by atoms with van der Waals surface area (Å²) in [6.07, 6.45) is 0.273. The predicted octanol–water partition coefficient (Wildman–Crippen LogP) is 0.435. The van der Waals surface area contributed by atoms with E-state index < -0.39 is 11.5 Å². The largest absolute Gasteiger partial charge is 0.490 e. The average Bonchev–Trinajstić information content (AvgIpc) is 2.61. The molecule has 0 aliphatic carbocycles. The quantitative estimate of drug-likeness (QED) is 0.829. The lowest BCUT2D eigenvalue weighted by Crippen LogP contribution is -2.57. The molecule has 2 aliphatic rings. The molecule has 0 amide bonds. The van der Waals surface area contributed by atoms with Crippen molar-refractivity contribution >= 4 is 0 Å². The Morgan fingerprint density at radius 3 is 2.58 bits per heavy atom. The van der Waals surface area contributed by atoms with Crippen LogP contribution in [0.2, 0.25) is 0 Å². The smallest absolute Gasteiger partial charge is 0.161 e. The van der Waals surface area contributed by atoms with Crippen LogP contribution in [0.1, 0.15) is 12.0 Å². The predicted molar refractivity (Wildman–Crippen MR) is 69.6 cm³/mol. The highest BCUT2D eigenvalue weighted by Gasteiger charge is 2.46. The zero-order valence-electron chi connectivity index (χ0n) is 10.8. The zero-order chi connectivity index (χ0) is 13.3. The topological polar surface area (TPSA) is 73.9 Å². The summed E-state index contributed by atoms with van der Waals surface area (Å²) < 4.78 is 16.6. The molecule has 2 heterocycles. The number of nitrogens with two attached hydrogens (primary N) is 1. The molecule has 0 spiro atoms. The van der Waals surface area contributed by atoms with Crippen molar-refractivity contribution in [1.82, 2.24) is 0 Å². The second-order valence-electron chi connectivity index (χ2n) is 5.11. The zero-order valence-corrected chi connectivity index (χ0v) is 10.8. The van der Waals surface area contributed by atoms with Crippen LogP contribution in [-0.2, 0) is 10.2 Å². The molecule has 0 radical (unpaired) electrons. The van der Waals surface area contributed by atoms with Crippen molar-refractivity contribution in [2.24, 2.45) is 5.73 Å². The van der Waals surface area contributed by atoms with Gasteiger partial charge in [0.15, 0.2) is 11.5 Å². The molecule has 1 aromatic carbocycles. The highest BCUT2D eigenvalue weighted by atomic mass is 16.5. The molecule has 1 unspecified atom stereocenters. The van der Waals surface area contributed by atoms with E-state index in [2.05, 4.69) is 0 Å². The van der Waals surface area contributed by atoms with E-state index in [4.69, 9.17) is 19.9 Å². The van der Waals surface area contributed by atoms with E-state index in [9.17, 15) is 5.11 Å². The Labute approximate surface area is 112 Å². The summed E-state index contributed by atoms with van der Waals surface area (Å²) in [5.41, 5.74) is 6.20. The maximum atomic E-state index is 10.2. The van der Waals surface area contributed by atoms with Gasteiger partial charge in [-0.3, -0.25) is 0 Å². The third kappa shape index (κ3) is 2.08. The van der Waals surface area contributed by atoms with Crippen molar-refractivity contribution in [3.8, 4) is 11.5 Å². The molecule has 0 aromatic heterocycles. The highest BCUT2D eigenvalue weighted by molar-refractivity contribution is 5.46. The summed E-state index contributed by atoms with van der Waals surface area (Å²) >= 11 is 0. The van der Waals surface area contributed by atoms with Gasteiger partial charge in [-0.05, 0) is 17.7 Å². The minimum absolute atomic E-state index is 0.220. The minimum Gasteiger partial charge on any atom is -0.490 e. The van der Waals surface area contributed by atoms with Gasteiger partial charge in [0, 0.05) is 13.0 Å². The molecule has 1 fully saturated rings. The lowest BCUT2D eigenvalue weighted by Gasteiger charge is -2.45. The van der Waals surface area contributed by atoms with Crippen LogP contribution in [0.4, 0.5) is 0 Å². The normalized spacial score (nSPS) is 22.2. The van der Waals surface area contributed by atoms with Crippen LogP contribution in [0.3, 0.4) is 0 Å². The molecule has 19 heavy (non-hydrogen) atoms. The second-order valence-corrected chi connectivity index (χ2v) is 5.11. The molecule has 104 valence electrons. The minimum atomic E-state index is -0.606. The molecule has 0 saturated carbocycles. The van der Waals surface area contributed by atoms with Crippen molar-refractivity contribution in [2.75, 3.05) is 33.0 Å². The Morgan fingerprint density at radius 2 is 1.95 bits per heavy atom. The SMILES string of the molecule is NCC(O)C1(c2ccc3c(c2)OCCCO3)COC1. The number of benzene rings is 1.